The number of hydrogen-bond acceptors (Lipinski definition) is 3. The first kappa shape index (κ1) is 13.4. The lowest BCUT2D eigenvalue weighted by molar-refractivity contribution is 0.0229. The summed E-state index contributed by atoms with van der Waals surface area (Å²) < 4.78 is 18.1. The molecule has 3 N–H and O–H groups in total. The van der Waals surface area contributed by atoms with Gasteiger partial charge < -0.3 is 15.8 Å². The van der Waals surface area contributed by atoms with Crippen molar-refractivity contribution in [2.45, 2.75) is 19.4 Å². The summed E-state index contributed by atoms with van der Waals surface area (Å²) in [5.41, 5.74) is 5.23. The second kappa shape index (κ2) is 5.14. The lowest BCUT2D eigenvalue weighted by Gasteiger charge is -2.23. The fourth-order valence-corrected chi connectivity index (χ4v) is 1.15. The molecule has 0 aliphatic rings. The predicted molar refractivity (Wildman–Crippen MR) is 64.2 cm³/mol. The molecule has 5 heteroatoms. The third-order valence-corrected chi connectivity index (χ3v) is 2.49. The van der Waals surface area contributed by atoms with Crippen LogP contribution in [-0.4, -0.2) is 25.2 Å². The molecule has 1 aromatic rings. The van der Waals surface area contributed by atoms with Crippen LogP contribution in [0.5, 0.6) is 0 Å². The topological polar surface area (TPSA) is 64.3 Å². The first-order chi connectivity index (χ1) is 7.85. The molecule has 0 bridgehead atoms. The Balaban J connectivity index is 2.68. The Kier molecular flexibility index (Phi) is 4.07. The Bertz CT molecular complexity index is 419. The standard InChI is InChI=1S/C12H17FN2O2/c1-12(2,17-3)7-15-11(16)8-4-5-9(13)10(14)6-8/h4-6H,7,14H2,1-3H3,(H,15,16). The van der Waals surface area contributed by atoms with Crippen LogP contribution in [0.15, 0.2) is 18.2 Å². The molecule has 0 radical (unpaired) electrons. The fourth-order valence-electron chi connectivity index (χ4n) is 1.15. The lowest BCUT2D eigenvalue weighted by Crippen LogP contribution is -2.39. The Morgan fingerprint density at radius 2 is 2.18 bits per heavy atom. The largest absolute Gasteiger partial charge is 0.396 e. The number of anilines is 1. The summed E-state index contributed by atoms with van der Waals surface area (Å²) in [5.74, 6) is -0.833. The highest BCUT2D eigenvalue weighted by atomic mass is 19.1. The highest BCUT2D eigenvalue weighted by Gasteiger charge is 2.18. The van der Waals surface area contributed by atoms with Crippen LogP contribution in [0.3, 0.4) is 0 Å². The van der Waals surface area contributed by atoms with Crippen LogP contribution in [0.4, 0.5) is 10.1 Å². The second-order valence-electron chi connectivity index (χ2n) is 4.38. The molecule has 0 unspecified atom stereocenters. The van der Waals surface area contributed by atoms with Crippen LogP contribution in [0, 0.1) is 5.82 Å². The van der Waals surface area contributed by atoms with E-state index in [1.807, 2.05) is 13.8 Å². The number of carbonyl (C=O) groups excluding carboxylic acids is 1. The molecule has 0 atom stereocenters. The molecule has 0 aliphatic heterocycles. The van der Waals surface area contributed by atoms with E-state index in [2.05, 4.69) is 5.32 Å². The number of methoxy groups -OCH3 is 1. The number of amides is 1. The molecule has 1 rings (SSSR count). The highest BCUT2D eigenvalue weighted by Crippen LogP contribution is 2.12. The van der Waals surface area contributed by atoms with Gasteiger partial charge in [-0.1, -0.05) is 0 Å². The van der Waals surface area contributed by atoms with E-state index in [1.165, 1.54) is 18.2 Å². The molecular weight excluding hydrogens is 223 g/mol. The van der Waals surface area contributed by atoms with Gasteiger partial charge in [0.1, 0.15) is 5.82 Å². The molecule has 0 aliphatic carbocycles. The van der Waals surface area contributed by atoms with Crippen molar-refractivity contribution in [3.63, 3.8) is 0 Å². The summed E-state index contributed by atoms with van der Waals surface area (Å²) in [5, 5.41) is 2.69. The number of ether oxygens (including phenoxy) is 1. The molecule has 0 spiro atoms. The van der Waals surface area contributed by atoms with Crippen LogP contribution in [0.25, 0.3) is 0 Å². The molecule has 1 aromatic carbocycles. The molecular formula is C12H17FN2O2. The average Bonchev–Trinajstić information content (AvgIpc) is 2.30. The normalized spacial score (nSPS) is 11.3. The molecule has 0 heterocycles. The summed E-state index contributed by atoms with van der Waals surface area (Å²) in [7, 11) is 1.57. The van der Waals surface area contributed by atoms with Crippen molar-refractivity contribution in [2.24, 2.45) is 0 Å². The Labute approximate surface area is 100.0 Å². The summed E-state index contributed by atoms with van der Waals surface area (Å²) >= 11 is 0. The van der Waals surface area contributed by atoms with E-state index in [-0.39, 0.29) is 11.6 Å². The van der Waals surface area contributed by atoms with E-state index in [0.717, 1.165) is 0 Å². The van der Waals surface area contributed by atoms with Gasteiger partial charge in [-0.05, 0) is 32.0 Å². The van der Waals surface area contributed by atoms with E-state index in [9.17, 15) is 9.18 Å². The van der Waals surface area contributed by atoms with E-state index in [0.29, 0.717) is 12.1 Å². The Morgan fingerprint density at radius 1 is 1.53 bits per heavy atom. The minimum atomic E-state index is -0.529. The molecule has 4 nitrogen and oxygen atoms in total. The number of benzene rings is 1. The van der Waals surface area contributed by atoms with Gasteiger partial charge in [-0.15, -0.1) is 0 Å². The van der Waals surface area contributed by atoms with Gasteiger partial charge >= 0.3 is 0 Å². The number of nitrogens with one attached hydrogen (secondary N) is 1. The molecule has 0 saturated carbocycles. The third kappa shape index (κ3) is 3.71. The zero-order valence-corrected chi connectivity index (χ0v) is 10.2. The molecule has 0 saturated heterocycles. The van der Waals surface area contributed by atoms with Crippen LogP contribution < -0.4 is 11.1 Å². The van der Waals surface area contributed by atoms with E-state index in [1.54, 1.807) is 7.11 Å². The molecule has 94 valence electrons. The fraction of sp³-hybridized carbons (Fsp3) is 0.417. The number of carbonyl (C=O) groups is 1. The van der Waals surface area contributed by atoms with E-state index < -0.39 is 11.4 Å². The molecule has 0 aromatic heterocycles. The van der Waals surface area contributed by atoms with Crippen LogP contribution in [-0.2, 0) is 4.74 Å². The monoisotopic (exact) mass is 240 g/mol. The number of nitrogens with two attached hydrogens (primary N) is 1. The maximum atomic E-state index is 12.9. The van der Waals surface area contributed by atoms with Gasteiger partial charge in [-0.25, -0.2) is 4.39 Å². The SMILES string of the molecule is COC(C)(C)CNC(=O)c1ccc(F)c(N)c1. The lowest BCUT2D eigenvalue weighted by atomic mass is 10.1. The van der Waals surface area contributed by atoms with Gasteiger partial charge in [0.15, 0.2) is 0 Å². The number of halogens is 1. The maximum Gasteiger partial charge on any atom is 0.251 e. The van der Waals surface area contributed by atoms with Gasteiger partial charge in [0.05, 0.1) is 11.3 Å². The predicted octanol–water partition coefficient (Wildman–Crippen LogP) is 1.56. The highest BCUT2D eigenvalue weighted by molar-refractivity contribution is 5.95. The van der Waals surface area contributed by atoms with Crippen molar-refractivity contribution in [1.29, 1.82) is 0 Å². The molecule has 1 amide bonds. The minimum Gasteiger partial charge on any atom is -0.396 e. The summed E-state index contributed by atoms with van der Waals surface area (Å²) in [4.78, 5) is 11.7. The van der Waals surface area contributed by atoms with Gasteiger partial charge in [-0.3, -0.25) is 4.79 Å². The van der Waals surface area contributed by atoms with Crippen molar-refractivity contribution < 1.29 is 13.9 Å². The van der Waals surface area contributed by atoms with Crippen LogP contribution in [0.1, 0.15) is 24.2 Å². The van der Waals surface area contributed by atoms with Crippen molar-refractivity contribution in [3.05, 3.63) is 29.6 Å². The smallest absolute Gasteiger partial charge is 0.251 e. The zero-order chi connectivity index (χ0) is 13.1. The van der Waals surface area contributed by atoms with E-state index >= 15 is 0 Å². The second-order valence-corrected chi connectivity index (χ2v) is 4.38. The van der Waals surface area contributed by atoms with Gasteiger partial charge in [0.25, 0.3) is 5.91 Å². The van der Waals surface area contributed by atoms with Crippen molar-refractivity contribution in [1.82, 2.24) is 5.32 Å². The average molecular weight is 240 g/mol. The third-order valence-electron chi connectivity index (χ3n) is 2.49. The Hall–Kier alpha value is -1.62. The van der Waals surface area contributed by atoms with Crippen molar-refractivity contribution in [3.8, 4) is 0 Å². The summed E-state index contributed by atoms with van der Waals surface area (Å²) in [6, 6.07) is 3.87. The zero-order valence-electron chi connectivity index (χ0n) is 10.2. The number of hydrogen-bond donors (Lipinski definition) is 2. The van der Waals surface area contributed by atoms with Gasteiger partial charge in [0, 0.05) is 19.2 Å². The number of nitrogen functional groups attached to an aromatic ring is 1. The molecule has 17 heavy (non-hydrogen) atoms. The Morgan fingerprint density at radius 3 is 2.71 bits per heavy atom. The van der Waals surface area contributed by atoms with Crippen LogP contribution >= 0.6 is 0 Å². The van der Waals surface area contributed by atoms with Crippen molar-refractivity contribution >= 4 is 11.6 Å². The first-order valence-corrected chi connectivity index (χ1v) is 5.24. The number of rotatable bonds is 4. The minimum absolute atomic E-state index is 0.0383. The van der Waals surface area contributed by atoms with E-state index in [4.69, 9.17) is 10.5 Å². The maximum absolute atomic E-state index is 12.9. The quantitative estimate of drug-likeness (QED) is 0.785. The van der Waals surface area contributed by atoms with Gasteiger partial charge in [0.2, 0.25) is 0 Å². The first-order valence-electron chi connectivity index (χ1n) is 5.24. The molecule has 0 fully saturated rings. The van der Waals surface area contributed by atoms with Gasteiger partial charge in [-0.2, -0.15) is 0 Å². The summed E-state index contributed by atoms with van der Waals surface area (Å²) in [6.45, 7) is 4.07. The summed E-state index contributed by atoms with van der Waals surface area (Å²) in [6.07, 6.45) is 0. The van der Waals surface area contributed by atoms with Crippen LogP contribution in [0.2, 0.25) is 0 Å². The van der Waals surface area contributed by atoms with Crippen molar-refractivity contribution in [2.75, 3.05) is 19.4 Å².